The lowest BCUT2D eigenvalue weighted by atomic mass is 10.2. The normalized spacial score (nSPS) is 15.0. The monoisotopic (exact) mass is 444 g/mol. The van der Waals surface area contributed by atoms with Gasteiger partial charge in [0.25, 0.3) is 11.1 Å². The van der Waals surface area contributed by atoms with Crippen LogP contribution in [-0.2, 0) is 9.59 Å². The number of rotatable bonds is 7. The van der Waals surface area contributed by atoms with E-state index in [1.807, 2.05) is 38.1 Å². The highest BCUT2D eigenvalue weighted by molar-refractivity contribution is 8.18. The number of nitrogens with one attached hydrogen (secondary N) is 1. The highest BCUT2D eigenvalue weighted by atomic mass is 35.5. The van der Waals surface area contributed by atoms with Crippen LogP contribution in [0.5, 0.6) is 5.75 Å². The molecular formula is C22H21ClN2O4S. The summed E-state index contributed by atoms with van der Waals surface area (Å²) in [6.07, 6.45) is 2.55. The molecule has 30 heavy (non-hydrogen) atoms. The fraction of sp³-hybridized carbons (Fsp3) is 0.227. The van der Waals surface area contributed by atoms with E-state index in [1.54, 1.807) is 24.3 Å². The van der Waals surface area contributed by atoms with Crippen molar-refractivity contribution in [2.45, 2.75) is 20.3 Å². The molecule has 0 spiro atoms. The summed E-state index contributed by atoms with van der Waals surface area (Å²) in [6.45, 7) is 4.13. The van der Waals surface area contributed by atoms with Crippen LogP contribution in [0.4, 0.5) is 10.5 Å². The third-order valence-electron chi connectivity index (χ3n) is 4.30. The number of carbonyl (C=O) groups excluding carboxylic acids is 3. The summed E-state index contributed by atoms with van der Waals surface area (Å²) in [7, 11) is 0. The van der Waals surface area contributed by atoms with Crippen LogP contribution < -0.4 is 10.1 Å². The van der Waals surface area contributed by atoms with Crippen LogP contribution in [0.25, 0.3) is 6.08 Å². The van der Waals surface area contributed by atoms with Crippen molar-refractivity contribution < 1.29 is 19.1 Å². The van der Waals surface area contributed by atoms with E-state index in [0.717, 1.165) is 40.0 Å². The second kappa shape index (κ2) is 9.82. The molecule has 0 atom stereocenters. The summed E-state index contributed by atoms with van der Waals surface area (Å²) in [5, 5.41) is 2.70. The molecule has 1 N–H and O–H groups in total. The van der Waals surface area contributed by atoms with Crippen LogP contribution in [0.3, 0.4) is 0 Å². The number of thioether (sulfide) groups is 1. The number of hydrogen-bond donors (Lipinski definition) is 1. The lowest BCUT2D eigenvalue weighted by Gasteiger charge is -2.13. The number of nitrogens with zero attached hydrogens (tertiary/aromatic N) is 1. The molecule has 0 aliphatic carbocycles. The Balaban J connectivity index is 1.66. The SMILES string of the molecule is CCCOc1ccc(/C=C2\SC(=O)N(CC(=O)Nc3cc(Cl)ccc3C)C2=O)cc1. The minimum atomic E-state index is -0.491. The van der Waals surface area contributed by atoms with Gasteiger partial charge in [0.2, 0.25) is 5.91 Å². The summed E-state index contributed by atoms with van der Waals surface area (Å²) >= 11 is 6.77. The maximum Gasteiger partial charge on any atom is 0.294 e. The number of imide groups is 1. The topological polar surface area (TPSA) is 75.7 Å². The van der Waals surface area contributed by atoms with Gasteiger partial charge in [-0.15, -0.1) is 0 Å². The number of benzene rings is 2. The molecule has 3 amide bonds. The molecule has 0 bridgehead atoms. The molecule has 3 rings (SSSR count). The largest absolute Gasteiger partial charge is 0.494 e. The minimum absolute atomic E-state index is 0.272. The van der Waals surface area contributed by atoms with Gasteiger partial charge in [0, 0.05) is 10.7 Å². The summed E-state index contributed by atoms with van der Waals surface area (Å²) in [6, 6.07) is 12.4. The molecule has 1 saturated heterocycles. The number of ether oxygens (including phenoxy) is 1. The molecule has 2 aromatic carbocycles. The summed E-state index contributed by atoms with van der Waals surface area (Å²) in [5.41, 5.74) is 2.14. The van der Waals surface area contributed by atoms with E-state index < -0.39 is 17.1 Å². The van der Waals surface area contributed by atoms with Crippen LogP contribution in [0.15, 0.2) is 47.4 Å². The minimum Gasteiger partial charge on any atom is -0.494 e. The fourth-order valence-electron chi connectivity index (χ4n) is 2.73. The predicted molar refractivity (Wildman–Crippen MR) is 120 cm³/mol. The van der Waals surface area contributed by atoms with Crippen LogP contribution in [-0.4, -0.2) is 35.1 Å². The third kappa shape index (κ3) is 5.43. The molecular weight excluding hydrogens is 424 g/mol. The number of anilines is 1. The Kier molecular flexibility index (Phi) is 7.18. The highest BCUT2D eigenvalue weighted by Crippen LogP contribution is 2.32. The van der Waals surface area contributed by atoms with Crippen molar-refractivity contribution in [3.8, 4) is 5.75 Å². The smallest absolute Gasteiger partial charge is 0.294 e. The Morgan fingerprint density at radius 2 is 1.93 bits per heavy atom. The lowest BCUT2D eigenvalue weighted by molar-refractivity contribution is -0.127. The molecule has 1 aliphatic heterocycles. The third-order valence-corrected chi connectivity index (χ3v) is 5.44. The van der Waals surface area contributed by atoms with Gasteiger partial charge < -0.3 is 10.1 Å². The van der Waals surface area contributed by atoms with E-state index in [4.69, 9.17) is 16.3 Å². The van der Waals surface area contributed by atoms with Crippen molar-refractivity contribution in [1.29, 1.82) is 0 Å². The zero-order valence-corrected chi connectivity index (χ0v) is 18.2. The maximum atomic E-state index is 12.6. The van der Waals surface area contributed by atoms with E-state index >= 15 is 0 Å². The van der Waals surface area contributed by atoms with Crippen molar-refractivity contribution in [1.82, 2.24) is 4.90 Å². The molecule has 8 heteroatoms. The number of amides is 3. The van der Waals surface area contributed by atoms with E-state index in [1.165, 1.54) is 0 Å². The Bertz CT molecular complexity index is 1000. The van der Waals surface area contributed by atoms with E-state index in [-0.39, 0.29) is 11.4 Å². The van der Waals surface area contributed by atoms with Crippen molar-refractivity contribution >= 4 is 52.2 Å². The Morgan fingerprint density at radius 1 is 1.20 bits per heavy atom. The van der Waals surface area contributed by atoms with Crippen molar-refractivity contribution in [3.05, 3.63) is 63.5 Å². The average molecular weight is 445 g/mol. The first kappa shape index (κ1) is 21.9. The van der Waals surface area contributed by atoms with Crippen LogP contribution >= 0.6 is 23.4 Å². The van der Waals surface area contributed by atoms with Gasteiger partial charge in [0.05, 0.1) is 11.5 Å². The fourth-order valence-corrected chi connectivity index (χ4v) is 3.74. The first-order valence-electron chi connectivity index (χ1n) is 9.41. The maximum absolute atomic E-state index is 12.6. The van der Waals surface area contributed by atoms with Gasteiger partial charge in [-0.3, -0.25) is 19.3 Å². The van der Waals surface area contributed by atoms with E-state index in [0.29, 0.717) is 17.3 Å². The number of carbonyl (C=O) groups is 3. The van der Waals surface area contributed by atoms with Crippen molar-refractivity contribution in [2.24, 2.45) is 0 Å². The van der Waals surface area contributed by atoms with Crippen molar-refractivity contribution in [3.63, 3.8) is 0 Å². The Morgan fingerprint density at radius 3 is 2.63 bits per heavy atom. The molecule has 1 aliphatic rings. The van der Waals surface area contributed by atoms with Gasteiger partial charge in [-0.2, -0.15) is 0 Å². The Labute approximate surface area is 184 Å². The zero-order valence-electron chi connectivity index (χ0n) is 16.6. The van der Waals surface area contributed by atoms with Gasteiger partial charge in [0.15, 0.2) is 0 Å². The molecule has 1 fully saturated rings. The second-order valence-corrected chi connectivity index (χ2v) is 8.12. The molecule has 0 aromatic heterocycles. The van der Waals surface area contributed by atoms with Gasteiger partial charge in [-0.1, -0.05) is 36.7 Å². The first-order chi connectivity index (χ1) is 14.4. The van der Waals surface area contributed by atoms with Gasteiger partial charge >= 0.3 is 0 Å². The van der Waals surface area contributed by atoms with Gasteiger partial charge in [0.1, 0.15) is 12.3 Å². The van der Waals surface area contributed by atoms with Crippen LogP contribution in [0.2, 0.25) is 5.02 Å². The quantitative estimate of drug-likeness (QED) is 0.600. The molecule has 2 aromatic rings. The molecule has 0 unspecified atom stereocenters. The number of hydrogen-bond acceptors (Lipinski definition) is 5. The first-order valence-corrected chi connectivity index (χ1v) is 10.6. The molecule has 1 heterocycles. The van der Waals surface area contributed by atoms with E-state index in [9.17, 15) is 14.4 Å². The number of halogens is 1. The second-order valence-electron chi connectivity index (χ2n) is 6.69. The molecule has 6 nitrogen and oxygen atoms in total. The Hall–Kier alpha value is -2.77. The van der Waals surface area contributed by atoms with Crippen molar-refractivity contribution in [2.75, 3.05) is 18.5 Å². The molecule has 0 saturated carbocycles. The highest BCUT2D eigenvalue weighted by Gasteiger charge is 2.36. The standard InChI is InChI=1S/C22H21ClN2O4S/c1-3-10-29-17-8-5-15(6-9-17)11-19-21(27)25(22(28)30-19)13-20(26)24-18-12-16(23)7-4-14(18)2/h4-9,11-12H,3,10,13H2,1-2H3,(H,24,26)/b19-11-. The van der Waals surface area contributed by atoms with Gasteiger partial charge in [-0.25, -0.2) is 0 Å². The summed E-state index contributed by atoms with van der Waals surface area (Å²) in [4.78, 5) is 38.5. The zero-order chi connectivity index (χ0) is 21.7. The summed E-state index contributed by atoms with van der Waals surface area (Å²) < 4.78 is 5.54. The van der Waals surface area contributed by atoms with Crippen LogP contribution in [0.1, 0.15) is 24.5 Å². The average Bonchev–Trinajstić information content (AvgIpc) is 2.97. The molecule has 0 radical (unpaired) electrons. The summed E-state index contributed by atoms with van der Waals surface area (Å²) in [5.74, 6) is -0.217. The number of aryl methyl sites for hydroxylation is 1. The predicted octanol–water partition coefficient (Wildman–Crippen LogP) is 5.11. The van der Waals surface area contributed by atoms with E-state index in [2.05, 4.69) is 5.32 Å². The van der Waals surface area contributed by atoms with Crippen LogP contribution in [0, 0.1) is 6.92 Å². The van der Waals surface area contributed by atoms with Gasteiger partial charge in [-0.05, 0) is 66.6 Å². The lowest BCUT2D eigenvalue weighted by Crippen LogP contribution is -2.36. The molecule has 156 valence electrons.